The highest BCUT2D eigenvalue weighted by Crippen LogP contribution is 2.21. The number of carboxylic acid groups (broad SMARTS) is 1. The molecule has 0 radical (unpaired) electrons. The number of aromatic nitrogens is 2. The molecular weight excluding hydrogens is 210 g/mol. The quantitative estimate of drug-likeness (QED) is 0.769. The van der Waals surface area contributed by atoms with Gasteiger partial charge in [0.1, 0.15) is 18.2 Å². The Labute approximate surface area is 92.7 Å². The summed E-state index contributed by atoms with van der Waals surface area (Å²) in [6.45, 7) is 2.74. The lowest BCUT2D eigenvalue weighted by Crippen LogP contribution is -2.20. The third-order valence-electron chi connectivity index (χ3n) is 2.34. The van der Waals surface area contributed by atoms with Gasteiger partial charge in [-0.2, -0.15) is 0 Å². The molecule has 1 aromatic heterocycles. The van der Waals surface area contributed by atoms with Crippen LogP contribution in [0.4, 0.5) is 5.82 Å². The van der Waals surface area contributed by atoms with Gasteiger partial charge in [0.05, 0.1) is 18.9 Å². The predicted molar refractivity (Wildman–Crippen MR) is 56.3 cm³/mol. The van der Waals surface area contributed by atoms with Crippen LogP contribution in [0.3, 0.4) is 0 Å². The standard InChI is InChI=1S/C10H13N3O3/c1-6-12-8-2-3-16-5-7(8)10(13-6)11-4-9(14)15/h2-5H2,1H3,(H,14,15)(H,11,12,13). The molecular formula is C10H13N3O3. The van der Waals surface area contributed by atoms with Gasteiger partial charge in [0.15, 0.2) is 0 Å². The molecule has 0 saturated carbocycles. The Kier molecular flexibility index (Phi) is 3.00. The fourth-order valence-corrected chi connectivity index (χ4v) is 1.66. The molecule has 0 saturated heterocycles. The molecule has 0 bridgehead atoms. The van der Waals surface area contributed by atoms with Crippen LogP contribution in [0.5, 0.6) is 0 Å². The van der Waals surface area contributed by atoms with Gasteiger partial charge in [0, 0.05) is 12.0 Å². The molecule has 0 spiro atoms. The lowest BCUT2D eigenvalue weighted by molar-refractivity contribution is -0.134. The largest absolute Gasteiger partial charge is 0.480 e. The van der Waals surface area contributed by atoms with Crippen LogP contribution in [-0.2, 0) is 22.6 Å². The maximum atomic E-state index is 10.5. The van der Waals surface area contributed by atoms with E-state index in [-0.39, 0.29) is 6.54 Å². The van der Waals surface area contributed by atoms with Crippen LogP contribution in [0, 0.1) is 6.92 Å². The average Bonchev–Trinajstić information content (AvgIpc) is 2.25. The van der Waals surface area contributed by atoms with E-state index in [0.717, 1.165) is 17.7 Å². The maximum Gasteiger partial charge on any atom is 0.322 e. The molecule has 16 heavy (non-hydrogen) atoms. The second-order valence-electron chi connectivity index (χ2n) is 3.59. The summed E-state index contributed by atoms with van der Waals surface area (Å²) in [7, 11) is 0. The molecule has 0 atom stereocenters. The number of carboxylic acids is 1. The number of ether oxygens (including phenoxy) is 1. The summed E-state index contributed by atoms with van der Waals surface area (Å²) in [4.78, 5) is 19.0. The number of anilines is 1. The summed E-state index contributed by atoms with van der Waals surface area (Å²) in [5, 5.41) is 11.4. The zero-order valence-corrected chi connectivity index (χ0v) is 8.99. The molecule has 0 unspecified atom stereocenters. The van der Waals surface area contributed by atoms with Crippen LogP contribution in [0.1, 0.15) is 17.1 Å². The third kappa shape index (κ3) is 2.27. The first-order valence-corrected chi connectivity index (χ1v) is 5.06. The Bertz CT molecular complexity index is 420. The topological polar surface area (TPSA) is 84.3 Å². The highest BCUT2D eigenvalue weighted by molar-refractivity contribution is 5.72. The summed E-state index contributed by atoms with van der Waals surface area (Å²) in [6.07, 6.45) is 0.750. The summed E-state index contributed by atoms with van der Waals surface area (Å²) in [6, 6.07) is 0. The first-order valence-electron chi connectivity index (χ1n) is 5.06. The van der Waals surface area contributed by atoms with Gasteiger partial charge >= 0.3 is 5.97 Å². The highest BCUT2D eigenvalue weighted by Gasteiger charge is 2.17. The Morgan fingerprint density at radius 2 is 2.38 bits per heavy atom. The van der Waals surface area contributed by atoms with Crippen molar-refractivity contribution in [2.24, 2.45) is 0 Å². The SMILES string of the molecule is Cc1nc2c(c(NCC(=O)O)n1)COCC2. The van der Waals surface area contributed by atoms with Gasteiger partial charge in [-0.15, -0.1) is 0 Å². The normalized spacial score (nSPS) is 14.3. The van der Waals surface area contributed by atoms with Crippen molar-refractivity contribution >= 4 is 11.8 Å². The molecule has 0 fully saturated rings. The van der Waals surface area contributed by atoms with E-state index < -0.39 is 5.97 Å². The number of nitrogens with one attached hydrogen (secondary N) is 1. The molecule has 0 aliphatic carbocycles. The molecule has 6 heteroatoms. The lowest BCUT2D eigenvalue weighted by Gasteiger charge is -2.19. The smallest absolute Gasteiger partial charge is 0.322 e. The van der Waals surface area contributed by atoms with Gasteiger partial charge in [-0.1, -0.05) is 0 Å². The van der Waals surface area contributed by atoms with Crippen LogP contribution >= 0.6 is 0 Å². The Morgan fingerprint density at radius 3 is 3.12 bits per heavy atom. The van der Waals surface area contributed by atoms with Crippen LogP contribution in [-0.4, -0.2) is 34.2 Å². The van der Waals surface area contributed by atoms with E-state index in [1.165, 1.54) is 0 Å². The van der Waals surface area contributed by atoms with Crippen LogP contribution < -0.4 is 5.32 Å². The average molecular weight is 223 g/mol. The number of carbonyl (C=O) groups is 1. The fraction of sp³-hybridized carbons (Fsp3) is 0.500. The van der Waals surface area contributed by atoms with Crippen molar-refractivity contribution in [2.45, 2.75) is 20.0 Å². The number of nitrogens with zero attached hydrogens (tertiary/aromatic N) is 2. The number of aliphatic carboxylic acids is 1. The Balaban J connectivity index is 2.28. The van der Waals surface area contributed by atoms with Gasteiger partial charge in [-0.3, -0.25) is 4.79 Å². The first kappa shape index (κ1) is 10.8. The monoisotopic (exact) mass is 223 g/mol. The molecule has 2 rings (SSSR count). The summed E-state index contributed by atoms with van der Waals surface area (Å²) >= 11 is 0. The van der Waals surface area contributed by atoms with Crippen LogP contribution in [0.15, 0.2) is 0 Å². The molecule has 1 aromatic rings. The van der Waals surface area contributed by atoms with E-state index in [2.05, 4.69) is 15.3 Å². The molecule has 86 valence electrons. The van der Waals surface area contributed by atoms with E-state index >= 15 is 0 Å². The fourth-order valence-electron chi connectivity index (χ4n) is 1.66. The van der Waals surface area contributed by atoms with Gasteiger partial charge in [-0.25, -0.2) is 9.97 Å². The number of fused-ring (bicyclic) bond motifs is 1. The summed E-state index contributed by atoms with van der Waals surface area (Å²) in [5.41, 5.74) is 1.82. The Morgan fingerprint density at radius 1 is 1.56 bits per heavy atom. The first-order chi connectivity index (χ1) is 7.66. The minimum Gasteiger partial charge on any atom is -0.480 e. The van der Waals surface area contributed by atoms with Crippen LogP contribution in [0.25, 0.3) is 0 Å². The molecule has 2 heterocycles. The van der Waals surface area contributed by atoms with Crippen LogP contribution in [0.2, 0.25) is 0 Å². The third-order valence-corrected chi connectivity index (χ3v) is 2.34. The van der Waals surface area contributed by atoms with E-state index in [1.807, 2.05) is 0 Å². The zero-order valence-electron chi connectivity index (χ0n) is 8.99. The van der Waals surface area contributed by atoms with Crippen molar-refractivity contribution in [1.29, 1.82) is 0 Å². The second-order valence-corrected chi connectivity index (χ2v) is 3.59. The minimum absolute atomic E-state index is 0.150. The highest BCUT2D eigenvalue weighted by atomic mass is 16.5. The lowest BCUT2D eigenvalue weighted by atomic mass is 10.1. The van der Waals surface area contributed by atoms with Crippen molar-refractivity contribution in [3.63, 3.8) is 0 Å². The second kappa shape index (κ2) is 4.44. The number of rotatable bonds is 3. The number of aryl methyl sites for hydroxylation is 1. The van der Waals surface area contributed by atoms with Gasteiger partial charge in [-0.05, 0) is 6.92 Å². The minimum atomic E-state index is -0.915. The van der Waals surface area contributed by atoms with Crippen molar-refractivity contribution in [3.8, 4) is 0 Å². The van der Waals surface area contributed by atoms with E-state index in [1.54, 1.807) is 6.92 Å². The summed E-state index contributed by atoms with van der Waals surface area (Å²) < 4.78 is 5.32. The van der Waals surface area contributed by atoms with Crippen molar-refractivity contribution in [2.75, 3.05) is 18.5 Å². The molecule has 2 N–H and O–H groups in total. The van der Waals surface area contributed by atoms with Gasteiger partial charge < -0.3 is 15.2 Å². The molecule has 1 aliphatic rings. The van der Waals surface area contributed by atoms with Crippen molar-refractivity contribution < 1.29 is 14.6 Å². The van der Waals surface area contributed by atoms with E-state index in [4.69, 9.17) is 9.84 Å². The maximum absolute atomic E-state index is 10.5. The zero-order chi connectivity index (χ0) is 11.5. The van der Waals surface area contributed by atoms with E-state index in [9.17, 15) is 4.79 Å². The number of hydrogen-bond acceptors (Lipinski definition) is 5. The van der Waals surface area contributed by atoms with E-state index in [0.29, 0.717) is 24.9 Å². The molecule has 0 aromatic carbocycles. The molecule has 0 amide bonds. The van der Waals surface area contributed by atoms with Crippen molar-refractivity contribution in [1.82, 2.24) is 9.97 Å². The summed E-state index contributed by atoms with van der Waals surface area (Å²) in [5.74, 6) is 0.305. The molecule has 1 aliphatic heterocycles. The number of hydrogen-bond donors (Lipinski definition) is 2. The Hall–Kier alpha value is -1.69. The molecule has 6 nitrogen and oxygen atoms in total. The van der Waals surface area contributed by atoms with Crippen molar-refractivity contribution in [3.05, 3.63) is 17.1 Å². The van der Waals surface area contributed by atoms with Gasteiger partial charge in [0.25, 0.3) is 0 Å². The van der Waals surface area contributed by atoms with Gasteiger partial charge in [0.2, 0.25) is 0 Å². The predicted octanol–water partition coefficient (Wildman–Crippen LogP) is 0.354.